The molecule has 2 unspecified atom stereocenters. The van der Waals surface area contributed by atoms with Crippen molar-refractivity contribution in [1.82, 2.24) is 5.32 Å². The van der Waals surface area contributed by atoms with Crippen LogP contribution in [0.25, 0.3) is 0 Å². The largest absolute Gasteiger partial charge is 0.494 e. The van der Waals surface area contributed by atoms with Crippen molar-refractivity contribution in [2.24, 2.45) is 0 Å². The standard InChI is InChI=1S/C16H25NO2/c1-4-10-18-14-8-6-13(7-9-14)15-11-17-12-16(3,5-2)19-15/h6-9,15,17H,4-5,10-12H2,1-3H3. The zero-order valence-corrected chi connectivity index (χ0v) is 12.2. The lowest BCUT2D eigenvalue weighted by molar-refractivity contribution is -0.109. The van der Waals surface area contributed by atoms with E-state index in [1.165, 1.54) is 5.56 Å². The molecule has 3 heteroatoms. The maximum atomic E-state index is 6.23. The van der Waals surface area contributed by atoms with Crippen molar-refractivity contribution in [3.8, 4) is 5.75 Å². The van der Waals surface area contributed by atoms with Crippen molar-refractivity contribution in [3.05, 3.63) is 29.8 Å². The van der Waals surface area contributed by atoms with Gasteiger partial charge in [0.2, 0.25) is 0 Å². The maximum absolute atomic E-state index is 6.23. The number of ether oxygens (including phenoxy) is 2. The Morgan fingerprint density at radius 1 is 1.32 bits per heavy atom. The molecule has 1 fully saturated rings. The molecular formula is C16H25NO2. The molecule has 1 N–H and O–H groups in total. The quantitative estimate of drug-likeness (QED) is 0.884. The van der Waals surface area contributed by atoms with Crippen molar-refractivity contribution in [2.75, 3.05) is 19.7 Å². The summed E-state index contributed by atoms with van der Waals surface area (Å²) >= 11 is 0. The highest BCUT2D eigenvalue weighted by Crippen LogP contribution is 2.30. The van der Waals surface area contributed by atoms with Gasteiger partial charge in [0.15, 0.2) is 0 Å². The van der Waals surface area contributed by atoms with Gasteiger partial charge in [-0.15, -0.1) is 0 Å². The summed E-state index contributed by atoms with van der Waals surface area (Å²) in [6.07, 6.45) is 2.19. The normalized spacial score (nSPS) is 27.2. The van der Waals surface area contributed by atoms with Crippen molar-refractivity contribution in [1.29, 1.82) is 0 Å². The van der Waals surface area contributed by atoms with E-state index in [0.717, 1.165) is 38.3 Å². The summed E-state index contributed by atoms with van der Waals surface area (Å²) in [6, 6.07) is 8.29. The molecule has 0 bridgehead atoms. The van der Waals surface area contributed by atoms with Crippen LogP contribution in [-0.4, -0.2) is 25.3 Å². The molecule has 106 valence electrons. The van der Waals surface area contributed by atoms with Crippen LogP contribution in [0.2, 0.25) is 0 Å². The molecule has 1 aromatic rings. The summed E-state index contributed by atoms with van der Waals surface area (Å²) in [6.45, 7) is 9.04. The van der Waals surface area contributed by atoms with Gasteiger partial charge in [0.05, 0.1) is 18.3 Å². The lowest BCUT2D eigenvalue weighted by atomic mass is 9.98. The number of rotatable bonds is 5. The highest BCUT2D eigenvalue weighted by atomic mass is 16.5. The van der Waals surface area contributed by atoms with Crippen LogP contribution in [0.3, 0.4) is 0 Å². The molecule has 0 saturated carbocycles. The number of nitrogens with one attached hydrogen (secondary N) is 1. The van der Waals surface area contributed by atoms with Crippen molar-refractivity contribution < 1.29 is 9.47 Å². The van der Waals surface area contributed by atoms with E-state index in [-0.39, 0.29) is 11.7 Å². The van der Waals surface area contributed by atoms with Crippen LogP contribution in [0.15, 0.2) is 24.3 Å². The minimum Gasteiger partial charge on any atom is -0.494 e. The average Bonchev–Trinajstić information content (AvgIpc) is 2.46. The molecule has 0 amide bonds. The first-order valence-electron chi connectivity index (χ1n) is 7.28. The summed E-state index contributed by atoms with van der Waals surface area (Å²) < 4.78 is 11.8. The topological polar surface area (TPSA) is 30.5 Å². The van der Waals surface area contributed by atoms with Crippen LogP contribution in [0, 0.1) is 0 Å². The van der Waals surface area contributed by atoms with E-state index in [1.54, 1.807) is 0 Å². The Labute approximate surface area is 116 Å². The van der Waals surface area contributed by atoms with Crippen molar-refractivity contribution in [2.45, 2.75) is 45.3 Å². The Kier molecular flexibility index (Phi) is 4.83. The number of hydrogen-bond donors (Lipinski definition) is 1. The molecule has 2 rings (SSSR count). The first-order chi connectivity index (χ1) is 9.17. The molecule has 0 aromatic heterocycles. The first-order valence-corrected chi connectivity index (χ1v) is 7.28. The van der Waals surface area contributed by atoms with E-state index >= 15 is 0 Å². The highest BCUT2D eigenvalue weighted by Gasteiger charge is 2.31. The Hall–Kier alpha value is -1.06. The van der Waals surface area contributed by atoms with Crippen LogP contribution in [-0.2, 0) is 4.74 Å². The molecule has 0 spiro atoms. The average molecular weight is 263 g/mol. The van der Waals surface area contributed by atoms with Gasteiger partial charge in [-0.3, -0.25) is 0 Å². The predicted molar refractivity (Wildman–Crippen MR) is 77.6 cm³/mol. The summed E-state index contributed by atoms with van der Waals surface area (Å²) in [7, 11) is 0. The van der Waals surface area contributed by atoms with E-state index in [0.29, 0.717) is 0 Å². The Balaban J connectivity index is 2.01. The van der Waals surface area contributed by atoms with E-state index in [9.17, 15) is 0 Å². The monoisotopic (exact) mass is 263 g/mol. The van der Waals surface area contributed by atoms with E-state index in [1.807, 2.05) is 12.1 Å². The fourth-order valence-electron chi connectivity index (χ4n) is 2.29. The number of benzene rings is 1. The second kappa shape index (κ2) is 6.40. The SMILES string of the molecule is CCCOc1ccc(C2CNCC(C)(CC)O2)cc1. The van der Waals surface area contributed by atoms with Gasteiger partial charge in [-0.05, 0) is 37.5 Å². The molecule has 1 aliphatic heterocycles. The third-order valence-electron chi connectivity index (χ3n) is 3.73. The number of morpholine rings is 1. The second-order valence-corrected chi connectivity index (χ2v) is 5.46. The van der Waals surface area contributed by atoms with Gasteiger partial charge in [-0.25, -0.2) is 0 Å². The van der Waals surface area contributed by atoms with Crippen LogP contribution in [0.4, 0.5) is 0 Å². The van der Waals surface area contributed by atoms with Crippen LogP contribution < -0.4 is 10.1 Å². The van der Waals surface area contributed by atoms with Gasteiger partial charge in [-0.1, -0.05) is 26.0 Å². The van der Waals surface area contributed by atoms with Crippen LogP contribution in [0.5, 0.6) is 5.75 Å². The predicted octanol–water partition coefficient (Wildman–Crippen LogP) is 3.31. The van der Waals surface area contributed by atoms with E-state index < -0.39 is 0 Å². The van der Waals surface area contributed by atoms with Gasteiger partial charge in [-0.2, -0.15) is 0 Å². The minimum absolute atomic E-state index is 0.0553. The highest BCUT2D eigenvalue weighted by molar-refractivity contribution is 5.29. The van der Waals surface area contributed by atoms with Gasteiger partial charge in [0, 0.05) is 13.1 Å². The first kappa shape index (κ1) is 14.4. The Morgan fingerprint density at radius 3 is 2.68 bits per heavy atom. The van der Waals surface area contributed by atoms with E-state index in [4.69, 9.17) is 9.47 Å². The minimum atomic E-state index is -0.0553. The molecular weight excluding hydrogens is 238 g/mol. The lowest BCUT2D eigenvalue weighted by Gasteiger charge is -2.39. The summed E-state index contributed by atoms with van der Waals surface area (Å²) in [5, 5.41) is 3.47. The summed E-state index contributed by atoms with van der Waals surface area (Å²) in [5.41, 5.74) is 1.16. The molecule has 19 heavy (non-hydrogen) atoms. The molecule has 1 aromatic carbocycles. The molecule has 3 nitrogen and oxygen atoms in total. The van der Waals surface area contributed by atoms with Crippen LogP contribution in [0.1, 0.15) is 45.3 Å². The second-order valence-electron chi connectivity index (χ2n) is 5.46. The molecule has 0 radical (unpaired) electrons. The molecule has 1 saturated heterocycles. The van der Waals surface area contributed by atoms with Crippen LogP contribution >= 0.6 is 0 Å². The Bertz CT molecular complexity index is 390. The van der Waals surface area contributed by atoms with Gasteiger partial charge in [0.1, 0.15) is 5.75 Å². The third-order valence-corrected chi connectivity index (χ3v) is 3.73. The molecule has 2 atom stereocenters. The Morgan fingerprint density at radius 2 is 2.05 bits per heavy atom. The van der Waals surface area contributed by atoms with Crippen molar-refractivity contribution >= 4 is 0 Å². The number of hydrogen-bond acceptors (Lipinski definition) is 3. The maximum Gasteiger partial charge on any atom is 0.119 e. The zero-order chi connectivity index (χ0) is 13.7. The van der Waals surface area contributed by atoms with Crippen molar-refractivity contribution in [3.63, 3.8) is 0 Å². The van der Waals surface area contributed by atoms with E-state index in [2.05, 4.69) is 38.2 Å². The third kappa shape index (κ3) is 3.71. The van der Waals surface area contributed by atoms with Gasteiger partial charge < -0.3 is 14.8 Å². The fourth-order valence-corrected chi connectivity index (χ4v) is 2.29. The molecule has 0 aliphatic carbocycles. The summed E-state index contributed by atoms with van der Waals surface area (Å²) in [5.74, 6) is 0.938. The smallest absolute Gasteiger partial charge is 0.119 e. The lowest BCUT2D eigenvalue weighted by Crippen LogP contribution is -2.48. The van der Waals surface area contributed by atoms with Gasteiger partial charge in [0.25, 0.3) is 0 Å². The molecule has 1 aliphatic rings. The van der Waals surface area contributed by atoms with Gasteiger partial charge >= 0.3 is 0 Å². The fraction of sp³-hybridized carbons (Fsp3) is 0.625. The zero-order valence-electron chi connectivity index (χ0n) is 12.2. The molecule has 1 heterocycles. The summed E-state index contributed by atoms with van der Waals surface area (Å²) in [4.78, 5) is 0.